The molecule has 3 aromatic heterocycles. The lowest BCUT2D eigenvalue weighted by Gasteiger charge is -2.31. The van der Waals surface area contributed by atoms with Crippen LogP contribution in [0.5, 0.6) is 0 Å². The van der Waals surface area contributed by atoms with Crippen LogP contribution in [0.3, 0.4) is 0 Å². The Morgan fingerprint density at radius 1 is 1.16 bits per heavy atom. The van der Waals surface area contributed by atoms with E-state index in [0.717, 1.165) is 47.7 Å². The number of nitrogens with zero attached hydrogens (tertiary/aromatic N) is 5. The molecule has 31 heavy (non-hydrogen) atoms. The average Bonchev–Trinajstić information content (AvgIpc) is 2.78. The first-order valence-electron chi connectivity index (χ1n) is 10.5. The highest BCUT2D eigenvalue weighted by Crippen LogP contribution is 2.27. The van der Waals surface area contributed by atoms with Gasteiger partial charge in [0, 0.05) is 54.6 Å². The van der Waals surface area contributed by atoms with E-state index in [9.17, 15) is 4.79 Å². The first kappa shape index (κ1) is 20.7. The van der Waals surface area contributed by atoms with Crippen molar-refractivity contribution in [3.8, 4) is 0 Å². The van der Waals surface area contributed by atoms with Gasteiger partial charge in [-0.2, -0.15) is 0 Å². The fraction of sp³-hybridized carbons (Fsp3) is 0.292. The number of amides is 1. The van der Waals surface area contributed by atoms with Gasteiger partial charge in [-0.15, -0.1) is 0 Å². The molecular weight excluding hydrogens is 388 g/mol. The van der Waals surface area contributed by atoms with E-state index < -0.39 is 0 Å². The number of pyridine rings is 2. The molecule has 1 N–H and O–H groups in total. The van der Waals surface area contributed by atoms with Gasteiger partial charge in [-0.25, -0.2) is 9.97 Å². The molecule has 4 rings (SSSR count). The number of nitrogens with one attached hydrogen (secondary N) is 1. The quantitative estimate of drug-likeness (QED) is 0.634. The second kappa shape index (κ2) is 9.47. The second-order valence-corrected chi connectivity index (χ2v) is 7.81. The Morgan fingerprint density at radius 3 is 2.71 bits per heavy atom. The lowest BCUT2D eigenvalue weighted by atomic mass is 9.94. The zero-order valence-corrected chi connectivity index (χ0v) is 17.8. The van der Waals surface area contributed by atoms with Gasteiger partial charge in [0.15, 0.2) is 0 Å². The summed E-state index contributed by atoms with van der Waals surface area (Å²) in [6.07, 6.45) is 10.7. The lowest BCUT2D eigenvalue weighted by molar-refractivity contribution is -0.127. The van der Waals surface area contributed by atoms with Gasteiger partial charge in [-0.05, 0) is 62.6 Å². The van der Waals surface area contributed by atoms with Gasteiger partial charge in [0.05, 0.1) is 11.9 Å². The molecule has 1 aliphatic heterocycles. The van der Waals surface area contributed by atoms with Crippen LogP contribution >= 0.6 is 0 Å². The second-order valence-electron chi connectivity index (χ2n) is 7.81. The number of aromatic nitrogens is 4. The summed E-state index contributed by atoms with van der Waals surface area (Å²) in [4.78, 5) is 32.1. The van der Waals surface area contributed by atoms with Crippen molar-refractivity contribution in [1.82, 2.24) is 24.8 Å². The van der Waals surface area contributed by atoms with Crippen LogP contribution < -0.4 is 5.32 Å². The van der Waals surface area contributed by atoms with E-state index in [-0.39, 0.29) is 11.8 Å². The first-order valence-corrected chi connectivity index (χ1v) is 10.5. The number of rotatable bonds is 5. The van der Waals surface area contributed by atoms with E-state index in [2.05, 4.69) is 25.3 Å². The summed E-state index contributed by atoms with van der Waals surface area (Å²) < 4.78 is 0. The highest BCUT2D eigenvalue weighted by atomic mass is 16.2. The highest BCUT2D eigenvalue weighted by molar-refractivity contribution is 5.91. The fourth-order valence-electron chi connectivity index (χ4n) is 3.80. The minimum atomic E-state index is 0.0267. The fourth-order valence-corrected chi connectivity index (χ4v) is 3.80. The molecular formula is C24H26N6O. The summed E-state index contributed by atoms with van der Waals surface area (Å²) >= 11 is 0. The molecule has 7 heteroatoms. The SMILES string of the molecule is Cc1cc(C)nc(Nc2ccc(C3CCCN(C(=O)/C=C/c4cccnc4)C3)nc2)n1. The minimum absolute atomic E-state index is 0.0267. The molecule has 0 spiro atoms. The number of carbonyl (C=O) groups excluding carboxylic acids is 1. The third kappa shape index (κ3) is 5.51. The summed E-state index contributed by atoms with van der Waals surface area (Å²) in [5.41, 5.74) is 4.60. The molecule has 4 heterocycles. The molecule has 0 aromatic carbocycles. The number of anilines is 2. The van der Waals surface area contributed by atoms with E-state index in [1.807, 2.05) is 55.2 Å². The number of hydrogen-bond acceptors (Lipinski definition) is 6. The van der Waals surface area contributed by atoms with Crippen LogP contribution in [0.1, 0.15) is 41.4 Å². The van der Waals surface area contributed by atoms with Crippen molar-refractivity contribution in [2.75, 3.05) is 18.4 Å². The van der Waals surface area contributed by atoms with Crippen molar-refractivity contribution in [2.45, 2.75) is 32.6 Å². The van der Waals surface area contributed by atoms with Gasteiger partial charge in [0.25, 0.3) is 0 Å². The Labute approximate surface area is 182 Å². The van der Waals surface area contributed by atoms with Gasteiger partial charge in [-0.1, -0.05) is 6.07 Å². The molecule has 158 valence electrons. The Bertz CT molecular complexity index is 1040. The molecule has 7 nitrogen and oxygen atoms in total. The molecule has 1 fully saturated rings. The van der Waals surface area contributed by atoms with Gasteiger partial charge in [0.1, 0.15) is 0 Å². The van der Waals surface area contributed by atoms with E-state index in [4.69, 9.17) is 0 Å². The molecule has 1 unspecified atom stereocenters. The smallest absolute Gasteiger partial charge is 0.246 e. The Hall–Kier alpha value is -3.61. The lowest BCUT2D eigenvalue weighted by Crippen LogP contribution is -2.38. The third-order valence-corrected chi connectivity index (χ3v) is 5.28. The molecule has 1 aliphatic rings. The molecule has 0 bridgehead atoms. The van der Waals surface area contributed by atoms with Crippen molar-refractivity contribution < 1.29 is 4.79 Å². The van der Waals surface area contributed by atoms with Crippen LogP contribution in [0.2, 0.25) is 0 Å². The summed E-state index contributed by atoms with van der Waals surface area (Å²) in [7, 11) is 0. The molecule has 3 aromatic rings. The maximum atomic E-state index is 12.6. The third-order valence-electron chi connectivity index (χ3n) is 5.28. The normalized spacial score (nSPS) is 16.5. The molecule has 1 atom stereocenters. The average molecular weight is 415 g/mol. The van der Waals surface area contributed by atoms with E-state index in [1.165, 1.54) is 0 Å². The van der Waals surface area contributed by atoms with E-state index in [1.54, 1.807) is 24.7 Å². The maximum Gasteiger partial charge on any atom is 0.246 e. The van der Waals surface area contributed by atoms with Crippen molar-refractivity contribution in [3.63, 3.8) is 0 Å². The highest BCUT2D eigenvalue weighted by Gasteiger charge is 2.24. The number of aryl methyl sites for hydroxylation is 2. The maximum absolute atomic E-state index is 12.6. The number of carbonyl (C=O) groups is 1. The van der Waals surface area contributed by atoms with Crippen LogP contribution in [-0.2, 0) is 4.79 Å². The van der Waals surface area contributed by atoms with Gasteiger partial charge >= 0.3 is 0 Å². The molecule has 0 saturated carbocycles. The molecule has 0 radical (unpaired) electrons. The van der Waals surface area contributed by atoms with Crippen molar-refractivity contribution in [1.29, 1.82) is 0 Å². The van der Waals surface area contributed by atoms with Gasteiger partial charge < -0.3 is 10.2 Å². The van der Waals surface area contributed by atoms with Crippen LogP contribution in [0.4, 0.5) is 11.6 Å². The number of hydrogen-bond donors (Lipinski definition) is 1. The van der Waals surface area contributed by atoms with Crippen molar-refractivity contribution in [2.24, 2.45) is 0 Å². The van der Waals surface area contributed by atoms with Gasteiger partial charge in [0.2, 0.25) is 11.9 Å². The summed E-state index contributed by atoms with van der Waals surface area (Å²) in [5.74, 6) is 0.830. The standard InChI is InChI=1S/C24H26N6O/c1-17-13-18(2)28-24(27-17)29-21-8-9-22(26-15-21)20-6-4-12-30(16-20)23(31)10-7-19-5-3-11-25-14-19/h3,5,7-11,13-15,20H,4,6,12,16H2,1-2H3,(H,27,28,29)/b10-7+. The zero-order chi connectivity index (χ0) is 21.6. The summed E-state index contributed by atoms with van der Waals surface area (Å²) in [6, 6.07) is 9.74. The minimum Gasteiger partial charge on any atom is -0.338 e. The van der Waals surface area contributed by atoms with Crippen LogP contribution in [-0.4, -0.2) is 43.8 Å². The first-order chi connectivity index (χ1) is 15.1. The van der Waals surface area contributed by atoms with Crippen LogP contribution in [0.25, 0.3) is 6.08 Å². The summed E-state index contributed by atoms with van der Waals surface area (Å²) in [5, 5.41) is 3.21. The topological polar surface area (TPSA) is 83.9 Å². The zero-order valence-electron chi connectivity index (χ0n) is 17.8. The van der Waals surface area contributed by atoms with Crippen molar-refractivity contribution in [3.05, 3.63) is 77.6 Å². The predicted octanol–water partition coefficient (Wildman–Crippen LogP) is 4.05. The molecule has 1 saturated heterocycles. The Morgan fingerprint density at radius 2 is 2.00 bits per heavy atom. The summed E-state index contributed by atoms with van der Waals surface area (Å²) in [6.45, 7) is 5.35. The molecule has 1 amide bonds. The Balaban J connectivity index is 1.39. The number of likely N-dealkylation sites (tertiary alicyclic amines) is 1. The van der Waals surface area contributed by atoms with Crippen molar-refractivity contribution >= 4 is 23.6 Å². The van der Waals surface area contributed by atoms with E-state index in [0.29, 0.717) is 12.5 Å². The van der Waals surface area contributed by atoms with Gasteiger partial charge in [-0.3, -0.25) is 14.8 Å². The predicted molar refractivity (Wildman–Crippen MR) is 121 cm³/mol. The van der Waals surface area contributed by atoms with Crippen LogP contribution in [0.15, 0.2) is 55.0 Å². The van der Waals surface area contributed by atoms with E-state index >= 15 is 0 Å². The number of piperidine rings is 1. The largest absolute Gasteiger partial charge is 0.338 e. The monoisotopic (exact) mass is 414 g/mol. The molecule has 0 aliphatic carbocycles. The Kier molecular flexibility index (Phi) is 6.31. The van der Waals surface area contributed by atoms with Crippen LogP contribution in [0, 0.1) is 13.8 Å².